The zero-order valence-electron chi connectivity index (χ0n) is 18.6. The van der Waals surface area contributed by atoms with E-state index in [2.05, 4.69) is 10.3 Å². The number of hydrogen-bond acceptors (Lipinski definition) is 7. The highest BCUT2D eigenvalue weighted by atomic mass is 32.2. The zero-order valence-corrected chi connectivity index (χ0v) is 19.4. The molecule has 0 atom stereocenters. The fourth-order valence-electron chi connectivity index (χ4n) is 3.76. The maximum absolute atomic E-state index is 13.0. The van der Waals surface area contributed by atoms with Gasteiger partial charge in [-0.15, -0.1) is 0 Å². The lowest BCUT2D eigenvalue weighted by molar-refractivity contribution is 0.0458. The number of rotatable bonds is 7. The molecule has 2 aromatic carbocycles. The molecule has 1 aliphatic heterocycles. The minimum absolute atomic E-state index is 0.0891. The van der Waals surface area contributed by atoms with Gasteiger partial charge in [0, 0.05) is 25.3 Å². The third kappa shape index (κ3) is 4.88. The molecule has 1 aromatic heterocycles. The van der Waals surface area contributed by atoms with Crippen LogP contribution in [0.1, 0.15) is 23.1 Å². The normalized spacial score (nSPS) is 14.7. The highest BCUT2D eigenvalue weighted by Gasteiger charge is 2.27. The molecule has 3 aromatic rings. The van der Waals surface area contributed by atoms with Gasteiger partial charge in [-0.05, 0) is 49.4 Å². The molecule has 180 valence electrons. The Labute approximate surface area is 196 Å². The summed E-state index contributed by atoms with van der Waals surface area (Å²) in [6.45, 7) is 3.75. The number of fused-ring (bicyclic) bond motifs is 1. The lowest BCUT2D eigenvalue weighted by Crippen LogP contribution is -2.40. The number of esters is 1. The summed E-state index contributed by atoms with van der Waals surface area (Å²) in [6, 6.07) is 10.2. The Kier molecular flexibility index (Phi) is 6.82. The van der Waals surface area contributed by atoms with Crippen LogP contribution in [0, 0.1) is 0 Å². The molecule has 0 saturated carbocycles. The minimum Gasteiger partial charge on any atom is -0.454 e. The first-order chi connectivity index (χ1) is 16.3. The topological polar surface area (TPSA) is 146 Å². The summed E-state index contributed by atoms with van der Waals surface area (Å²) in [5, 5.41) is 2.42. The van der Waals surface area contributed by atoms with Crippen molar-refractivity contribution in [3.8, 4) is 0 Å². The van der Waals surface area contributed by atoms with Gasteiger partial charge < -0.3 is 25.1 Å². The number of nitrogens with one attached hydrogen (secondary N) is 1. The van der Waals surface area contributed by atoms with Crippen LogP contribution in [0.15, 0.2) is 47.4 Å². The highest BCUT2D eigenvalue weighted by molar-refractivity contribution is 7.89. The number of imidazole rings is 1. The van der Waals surface area contributed by atoms with Crippen molar-refractivity contribution in [1.29, 1.82) is 0 Å². The van der Waals surface area contributed by atoms with Gasteiger partial charge in [0.1, 0.15) is 12.4 Å². The third-order valence-corrected chi connectivity index (χ3v) is 7.34. The maximum atomic E-state index is 13.0. The molecule has 0 aliphatic carbocycles. The molecule has 0 radical (unpaired) electrons. The Hall–Kier alpha value is -3.48. The van der Waals surface area contributed by atoms with E-state index in [1.54, 1.807) is 30.3 Å². The van der Waals surface area contributed by atoms with Crippen molar-refractivity contribution in [2.75, 3.05) is 31.6 Å². The summed E-state index contributed by atoms with van der Waals surface area (Å²) in [7, 11) is -3.65. The van der Waals surface area contributed by atoms with Gasteiger partial charge in [0.15, 0.2) is 0 Å². The van der Waals surface area contributed by atoms with Crippen LogP contribution in [0.5, 0.6) is 0 Å². The van der Waals surface area contributed by atoms with E-state index in [9.17, 15) is 18.0 Å². The smallest absolute Gasteiger partial charge is 0.338 e. The van der Waals surface area contributed by atoms with Crippen LogP contribution in [0.4, 0.5) is 10.5 Å². The van der Waals surface area contributed by atoms with E-state index in [1.807, 2.05) is 11.5 Å². The number of amides is 2. The van der Waals surface area contributed by atoms with E-state index in [-0.39, 0.29) is 11.5 Å². The van der Waals surface area contributed by atoms with Gasteiger partial charge in [-0.1, -0.05) is 0 Å². The molecule has 1 aliphatic rings. The standard InChI is InChI=1S/C22H25N5O6S/c1-2-27-19-8-7-17(34(30,31)26-9-11-32-12-10-26)13-18(19)25-20(27)14-33-21(28)15-3-5-16(6-4-15)24-22(23)29/h3-8,13H,2,9-12,14H2,1H3,(H3,23,24,29). The second-order valence-corrected chi connectivity index (χ2v) is 9.52. The number of hydrogen-bond donors (Lipinski definition) is 2. The van der Waals surface area contributed by atoms with Gasteiger partial charge >= 0.3 is 12.0 Å². The Morgan fingerprint density at radius 2 is 1.85 bits per heavy atom. The molecular formula is C22H25N5O6S. The molecule has 12 heteroatoms. The second-order valence-electron chi connectivity index (χ2n) is 7.58. The number of morpholine rings is 1. The molecule has 1 fully saturated rings. The Bertz CT molecular complexity index is 1310. The zero-order chi connectivity index (χ0) is 24.3. The average molecular weight is 488 g/mol. The molecule has 0 unspecified atom stereocenters. The number of anilines is 1. The largest absolute Gasteiger partial charge is 0.454 e. The van der Waals surface area contributed by atoms with Crippen LogP contribution in [0.3, 0.4) is 0 Å². The fourth-order valence-corrected chi connectivity index (χ4v) is 5.19. The fraction of sp³-hybridized carbons (Fsp3) is 0.318. The van der Waals surface area contributed by atoms with Crippen molar-refractivity contribution in [1.82, 2.24) is 13.9 Å². The number of ether oxygens (including phenoxy) is 2. The molecule has 1 saturated heterocycles. The molecular weight excluding hydrogens is 462 g/mol. The molecule has 0 bridgehead atoms. The number of urea groups is 1. The van der Waals surface area contributed by atoms with Crippen molar-refractivity contribution in [3.63, 3.8) is 0 Å². The molecule has 0 spiro atoms. The number of benzene rings is 2. The van der Waals surface area contributed by atoms with Crippen LogP contribution in [0.25, 0.3) is 11.0 Å². The predicted octanol–water partition coefficient (Wildman–Crippen LogP) is 1.92. The quantitative estimate of drug-likeness (QED) is 0.484. The number of nitrogens with zero attached hydrogens (tertiary/aromatic N) is 3. The lowest BCUT2D eigenvalue weighted by atomic mass is 10.2. The summed E-state index contributed by atoms with van der Waals surface area (Å²) in [4.78, 5) is 28.1. The molecule has 3 N–H and O–H groups in total. The van der Waals surface area contributed by atoms with Crippen molar-refractivity contribution in [2.24, 2.45) is 5.73 Å². The van der Waals surface area contributed by atoms with Gasteiger partial charge in [-0.3, -0.25) is 0 Å². The SMILES string of the molecule is CCn1c(COC(=O)c2ccc(NC(N)=O)cc2)nc2cc(S(=O)(=O)N3CCOCC3)ccc21. The van der Waals surface area contributed by atoms with Gasteiger partial charge in [-0.2, -0.15) is 4.31 Å². The predicted molar refractivity (Wildman–Crippen MR) is 124 cm³/mol. The van der Waals surface area contributed by atoms with Crippen LogP contribution < -0.4 is 11.1 Å². The number of aromatic nitrogens is 2. The van der Waals surface area contributed by atoms with Gasteiger partial charge in [0.2, 0.25) is 10.0 Å². The van der Waals surface area contributed by atoms with Crippen molar-refractivity contribution in [2.45, 2.75) is 25.0 Å². The number of carbonyl (C=O) groups excluding carboxylic acids is 2. The Balaban J connectivity index is 1.52. The summed E-state index contributed by atoms with van der Waals surface area (Å²) >= 11 is 0. The number of carbonyl (C=O) groups is 2. The summed E-state index contributed by atoms with van der Waals surface area (Å²) in [5.74, 6) is -0.0605. The second kappa shape index (κ2) is 9.79. The summed E-state index contributed by atoms with van der Waals surface area (Å²) < 4.78 is 39.9. The van der Waals surface area contributed by atoms with Crippen LogP contribution >= 0.6 is 0 Å². The molecule has 4 rings (SSSR count). The van der Waals surface area contributed by atoms with Crippen LogP contribution in [-0.4, -0.2) is 60.6 Å². The van der Waals surface area contributed by atoms with E-state index < -0.39 is 22.0 Å². The first-order valence-corrected chi connectivity index (χ1v) is 12.1. The number of nitrogens with two attached hydrogens (primary N) is 1. The van der Waals surface area contributed by atoms with Gasteiger partial charge in [-0.25, -0.2) is 23.0 Å². The Morgan fingerprint density at radius 1 is 1.15 bits per heavy atom. The first kappa shape index (κ1) is 23.7. The van der Waals surface area contributed by atoms with Crippen LogP contribution in [0.2, 0.25) is 0 Å². The lowest BCUT2D eigenvalue weighted by Gasteiger charge is -2.26. The van der Waals surface area contributed by atoms with Crippen molar-refractivity contribution in [3.05, 3.63) is 53.9 Å². The molecule has 34 heavy (non-hydrogen) atoms. The minimum atomic E-state index is -3.65. The van der Waals surface area contributed by atoms with Crippen LogP contribution in [-0.2, 0) is 32.6 Å². The van der Waals surface area contributed by atoms with E-state index in [1.165, 1.54) is 16.4 Å². The monoisotopic (exact) mass is 487 g/mol. The number of primary amides is 1. The number of aryl methyl sites for hydroxylation is 1. The highest BCUT2D eigenvalue weighted by Crippen LogP contribution is 2.24. The van der Waals surface area contributed by atoms with Crippen molar-refractivity contribution >= 4 is 38.7 Å². The summed E-state index contributed by atoms with van der Waals surface area (Å²) in [6.07, 6.45) is 0. The number of sulfonamides is 1. The Morgan fingerprint density at radius 3 is 2.50 bits per heavy atom. The molecule has 2 heterocycles. The van der Waals surface area contributed by atoms with Gasteiger partial charge in [0.05, 0.1) is 34.7 Å². The molecule has 2 amide bonds. The van der Waals surface area contributed by atoms with E-state index in [0.717, 1.165) is 5.52 Å². The summed E-state index contributed by atoms with van der Waals surface area (Å²) in [5.41, 5.74) is 7.08. The van der Waals surface area contributed by atoms with E-state index >= 15 is 0 Å². The maximum Gasteiger partial charge on any atom is 0.338 e. The third-order valence-electron chi connectivity index (χ3n) is 5.44. The first-order valence-electron chi connectivity index (χ1n) is 10.7. The van der Waals surface area contributed by atoms with E-state index in [0.29, 0.717) is 55.4 Å². The van der Waals surface area contributed by atoms with Crippen molar-refractivity contribution < 1.29 is 27.5 Å². The van der Waals surface area contributed by atoms with Gasteiger partial charge in [0.25, 0.3) is 0 Å². The average Bonchev–Trinajstić information content (AvgIpc) is 3.20. The van der Waals surface area contributed by atoms with E-state index in [4.69, 9.17) is 15.2 Å². The molecule has 11 nitrogen and oxygen atoms in total.